The van der Waals surface area contributed by atoms with Gasteiger partial charge in [-0.25, -0.2) is 35.9 Å². The maximum Gasteiger partial charge on any atom is 0.324 e. The number of amides is 1. The highest BCUT2D eigenvalue weighted by Gasteiger charge is 2.45. The molecule has 0 bridgehead atoms. The third kappa shape index (κ3) is 17.7. The summed E-state index contributed by atoms with van der Waals surface area (Å²) in [6.07, 6.45) is 11.5. The third-order valence-electron chi connectivity index (χ3n) is 12.7. The number of carboxylic acids is 1. The molecule has 3 atom stereocenters. The van der Waals surface area contributed by atoms with E-state index in [2.05, 4.69) is 57.7 Å². The Balaban J connectivity index is 0.000000315. The molecule has 3 heterocycles. The maximum absolute atomic E-state index is 14.6. The normalized spacial score (nSPS) is 17.9. The van der Waals surface area contributed by atoms with Crippen LogP contribution in [0, 0.1) is 59.0 Å². The van der Waals surface area contributed by atoms with Crippen LogP contribution in [0.2, 0.25) is 0 Å². The maximum atomic E-state index is 14.6. The molecule has 0 radical (unpaired) electrons. The minimum Gasteiger partial charge on any atom is -0.480 e. The minimum atomic E-state index is -3.75. The number of carboxylic acid groups (broad SMARTS) is 1. The van der Waals surface area contributed by atoms with E-state index in [1.54, 1.807) is 18.2 Å². The van der Waals surface area contributed by atoms with Gasteiger partial charge in [-0.3, -0.25) is 19.4 Å². The van der Waals surface area contributed by atoms with Gasteiger partial charge in [-0.1, -0.05) is 36.1 Å². The van der Waals surface area contributed by atoms with E-state index in [-0.39, 0.29) is 37.2 Å². The summed E-state index contributed by atoms with van der Waals surface area (Å²) in [5, 5.41) is 26.8. The van der Waals surface area contributed by atoms with Gasteiger partial charge in [0, 0.05) is 90.9 Å². The molecule has 1 fully saturated rings. The standard InChI is InChI=1S/C29H37FN2O6S.C24H28FNO5S/c1-29(39(2,35)36,28(34)31-38-27-11-7-9-21-37-27)16-19-32-17-14-23(15-18-32)25-13-12-24(26(30)22-25)10-6-4-3-5-8-20-33;1-24(23(28)29,32(2,30)31)13-16-26-14-11-19(12-15-26)21-10-9-20(22(25)18-21)8-6-4-3-5-7-17-27/h12-14,22,27,33H,5,7-9,11,15-21H2,1-2H3,(H,31,34);9-11,18,27H,5,7,12-17H2,1-2H3,(H,28,29). The van der Waals surface area contributed by atoms with E-state index >= 15 is 0 Å². The number of carbonyl (C=O) groups excluding carboxylic acids is 1. The van der Waals surface area contributed by atoms with Crippen molar-refractivity contribution in [3.05, 3.63) is 82.4 Å². The predicted molar refractivity (Wildman–Crippen MR) is 269 cm³/mol. The molecule has 3 unspecified atom stereocenters. The van der Waals surface area contributed by atoms with Gasteiger partial charge in [0.05, 0.1) is 11.1 Å². The quantitative estimate of drug-likeness (QED) is 0.0872. The SMILES string of the molecule is CC(CCN1CC=C(c2ccc(C#CC#CCCCO)c(F)c2)CC1)(C(=O)NOC1CCCCO1)S(C)(=O)=O.CC(CCN1CC=C(c2ccc(C#CC#CCCCO)c(F)c2)CC1)(C(=O)O)S(C)(=O)=O. The van der Waals surface area contributed by atoms with Crippen LogP contribution in [0.1, 0.15) is 107 Å². The zero-order valence-corrected chi connectivity index (χ0v) is 42.5. The summed E-state index contributed by atoms with van der Waals surface area (Å²) in [6.45, 7) is 6.43. The average molecular weight is 1020 g/mol. The molecule has 14 nitrogen and oxygen atoms in total. The van der Waals surface area contributed by atoms with Crippen LogP contribution in [0.25, 0.3) is 11.1 Å². The monoisotopic (exact) mass is 1020 g/mol. The van der Waals surface area contributed by atoms with Gasteiger partial charge >= 0.3 is 5.97 Å². The summed E-state index contributed by atoms with van der Waals surface area (Å²) in [5.74, 6) is 18.7. The van der Waals surface area contributed by atoms with Crippen LogP contribution in [0.3, 0.4) is 0 Å². The third-order valence-corrected chi connectivity index (χ3v) is 16.7. The molecule has 2 aromatic carbocycles. The van der Waals surface area contributed by atoms with E-state index in [0.717, 1.165) is 47.6 Å². The lowest BCUT2D eigenvalue weighted by atomic mass is 9.97. The van der Waals surface area contributed by atoms with Crippen LogP contribution in [-0.4, -0.2) is 141 Å². The Bertz CT molecular complexity index is 2750. The smallest absolute Gasteiger partial charge is 0.324 e. The Labute approximate surface area is 418 Å². The molecule has 71 heavy (non-hydrogen) atoms. The lowest BCUT2D eigenvalue weighted by molar-refractivity contribution is -0.201. The molecule has 18 heteroatoms. The topological polar surface area (TPSA) is 200 Å². The summed E-state index contributed by atoms with van der Waals surface area (Å²) < 4.78 is 80.0. The lowest BCUT2D eigenvalue weighted by Gasteiger charge is -2.32. The number of ether oxygens (including phenoxy) is 1. The molecule has 0 aliphatic carbocycles. The second-order valence-electron chi connectivity index (χ2n) is 17.9. The van der Waals surface area contributed by atoms with E-state index in [4.69, 9.17) is 19.8 Å². The molecule has 3 aliphatic rings. The minimum absolute atomic E-state index is 0.00473. The lowest BCUT2D eigenvalue weighted by Crippen LogP contribution is -2.52. The number of nitrogens with zero attached hydrogens (tertiary/aromatic N) is 2. The van der Waals surface area contributed by atoms with Crippen molar-refractivity contribution >= 4 is 42.7 Å². The summed E-state index contributed by atoms with van der Waals surface area (Å²) in [7, 11) is -7.49. The number of hydrogen-bond acceptors (Lipinski definition) is 12. The molecule has 0 aromatic heterocycles. The first-order valence-electron chi connectivity index (χ1n) is 23.5. The van der Waals surface area contributed by atoms with Crippen molar-refractivity contribution in [2.75, 3.05) is 71.6 Å². The van der Waals surface area contributed by atoms with Crippen molar-refractivity contribution in [1.29, 1.82) is 0 Å². The Morgan fingerprint density at radius 2 is 1.24 bits per heavy atom. The molecule has 5 rings (SSSR count). The molecule has 3 aliphatic heterocycles. The van der Waals surface area contributed by atoms with E-state index in [0.29, 0.717) is 90.8 Å². The predicted octanol–water partition coefficient (Wildman–Crippen LogP) is 5.13. The van der Waals surface area contributed by atoms with E-state index in [9.17, 15) is 40.3 Å². The van der Waals surface area contributed by atoms with E-state index in [1.807, 2.05) is 23.1 Å². The molecule has 2 aromatic rings. The van der Waals surface area contributed by atoms with Gasteiger partial charge in [0.15, 0.2) is 35.5 Å². The van der Waals surface area contributed by atoms with Gasteiger partial charge in [0.25, 0.3) is 5.91 Å². The Morgan fingerprint density at radius 1 is 0.761 bits per heavy atom. The first kappa shape index (κ1) is 58.2. The van der Waals surface area contributed by atoms with E-state index < -0.39 is 59.0 Å². The Hall–Kier alpha value is -5.38. The van der Waals surface area contributed by atoms with Crippen LogP contribution in [0.5, 0.6) is 0 Å². The van der Waals surface area contributed by atoms with Crippen molar-refractivity contribution in [1.82, 2.24) is 15.3 Å². The first-order valence-corrected chi connectivity index (χ1v) is 27.3. The van der Waals surface area contributed by atoms with Crippen LogP contribution in [0.15, 0.2) is 48.6 Å². The number of halogens is 2. The van der Waals surface area contributed by atoms with Gasteiger partial charge in [0.2, 0.25) is 0 Å². The summed E-state index contributed by atoms with van der Waals surface area (Å²) >= 11 is 0. The number of carbonyl (C=O) groups is 2. The molecule has 1 saturated heterocycles. The van der Waals surface area contributed by atoms with Gasteiger partial charge in [0.1, 0.15) is 11.6 Å². The van der Waals surface area contributed by atoms with Crippen molar-refractivity contribution in [3.8, 4) is 47.4 Å². The fraction of sp³-hybridized carbons (Fsp3) is 0.509. The summed E-state index contributed by atoms with van der Waals surface area (Å²) in [5.41, 5.74) is 6.35. The molecule has 0 spiro atoms. The number of hydroxylamine groups is 1. The van der Waals surface area contributed by atoms with Gasteiger partial charge < -0.3 is 20.1 Å². The van der Waals surface area contributed by atoms with Crippen molar-refractivity contribution in [2.24, 2.45) is 0 Å². The highest BCUT2D eigenvalue weighted by Crippen LogP contribution is 2.29. The number of sulfone groups is 2. The summed E-state index contributed by atoms with van der Waals surface area (Å²) in [4.78, 5) is 33.8. The fourth-order valence-corrected chi connectivity index (χ4v) is 9.04. The molecule has 384 valence electrons. The highest BCUT2D eigenvalue weighted by molar-refractivity contribution is 7.93. The van der Waals surface area contributed by atoms with E-state index in [1.165, 1.54) is 26.0 Å². The number of aliphatic hydroxyl groups is 2. The largest absolute Gasteiger partial charge is 0.480 e. The zero-order chi connectivity index (χ0) is 52.1. The van der Waals surface area contributed by atoms with Crippen molar-refractivity contribution < 1.29 is 60.1 Å². The molecular formula is C53H65F2N3O11S2. The molecule has 4 N–H and O–H groups in total. The van der Waals surface area contributed by atoms with Crippen LogP contribution < -0.4 is 5.48 Å². The molecule has 0 saturated carbocycles. The van der Waals surface area contributed by atoms with Crippen LogP contribution >= 0.6 is 0 Å². The second-order valence-corrected chi connectivity index (χ2v) is 22.8. The number of aliphatic carboxylic acids is 1. The van der Waals surface area contributed by atoms with Gasteiger partial charge in [-0.15, -0.1) is 0 Å². The zero-order valence-electron chi connectivity index (χ0n) is 40.9. The Kier molecular flexibility index (Phi) is 23.0. The van der Waals surface area contributed by atoms with Gasteiger partial charge in [-0.2, -0.15) is 0 Å². The van der Waals surface area contributed by atoms with Crippen LogP contribution in [0.4, 0.5) is 8.78 Å². The second kappa shape index (κ2) is 28.0. The number of rotatable bonds is 18. The molecule has 1 amide bonds. The Morgan fingerprint density at radius 3 is 1.62 bits per heavy atom. The van der Waals surface area contributed by atoms with Gasteiger partial charge in [-0.05, 0) is 147 Å². The van der Waals surface area contributed by atoms with Crippen LogP contribution in [-0.2, 0) is 38.8 Å². The number of aliphatic hydroxyl groups excluding tert-OH is 2. The number of hydrogen-bond donors (Lipinski definition) is 4. The number of benzene rings is 2. The first-order chi connectivity index (χ1) is 33.7. The molecular weight excluding hydrogens is 957 g/mol. The van der Waals surface area contributed by atoms with Crippen molar-refractivity contribution in [3.63, 3.8) is 0 Å². The average Bonchev–Trinajstić information content (AvgIpc) is 3.34. The highest BCUT2D eigenvalue weighted by atomic mass is 32.2. The summed E-state index contributed by atoms with van der Waals surface area (Å²) in [6, 6.07) is 9.79. The number of unbranched alkanes of at least 4 members (excludes halogenated alkanes) is 2. The van der Waals surface area contributed by atoms with Crippen molar-refractivity contribution in [2.45, 2.75) is 100 Å². The number of nitrogens with one attached hydrogen (secondary N) is 1. The fourth-order valence-electron chi connectivity index (χ4n) is 7.42.